The molecule has 23 heavy (non-hydrogen) atoms. The van der Waals surface area contributed by atoms with E-state index in [2.05, 4.69) is 32.9 Å². The zero-order valence-electron chi connectivity index (χ0n) is 15.8. The largest absolute Gasteiger partial charge is 0.381 e. The highest BCUT2D eigenvalue weighted by molar-refractivity contribution is 5.12. The second kappa shape index (κ2) is 6.52. The van der Waals surface area contributed by atoms with Gasteiger partial charge >= 0.3 is 0 Å². The maximum absolute atomic E-state index is 5.85. The van der Waals surface area contributed by atoms with Crippen LogP contribution < -0.4 is 0 Å². The van der Waals surface area contributed by atoms with Crippen molar-refractivity contribution >= 4 is 0 Å². The predicted octanol–water partition coefficient (Wildman–Crippen LogP) is 5.23. The maximum atomic E-state index is 5.85. The number of hydrogen-bond donors (Lipinski definition) is 0. The summed E-state index contributed by atoms with van der Waals surface area (Å²) in [6, 6.07) is 0. The Morgan fingerprint density at radius 3 is 2.61 bits per heavy atom. The molecule has 2 fully saturated rings. The first-order valence-electron chi connectivity index (χ1n) is 9.69. The fourth-order valence-electron chi connectivity index (χ4n) is 6.33. The Kier molecular flexibility index (Phi) is 4.95. The maximum Gasteiger partial charge on any atom is 0.0836 e. The third kappa shape index (κ3) is 3.14. The standard InChI is InChI=1S/C21H36O2/c1-15(13-16-10-12-20(2,14-16)23-5)17-8-9-18-19(22-4)7-6-11-21(17,18)3/h10,12,15-19H,6-9,11,13-14H2,1-5H3/t15-,16?,17-,18?,19?,20?,21-/m1/s1. The summed E-state index contributed by atoms with van der Waals surface area (Å²) in [5.74, 6) is 3.15. The molecule has 0 bridgehead atoms. The first kappa shape index (κ1) is 17.5. The van der Waals surface area contributed by atoms with Gasteiger partial charge in [-0.05, 0) is 74.5 Å². The van der Waals surface area contributed by atoms with E-state index >= 15 is 0 Å². The molecule has 0 aromatic heterocycles. The molecule has 3 aliphatic carbocycles. The quantitative estimate of drug-likeness (QED) is 0.646. The third-order valence-electron chi connectivity index (χ3n) is 7.65. The Morgan fingerprint density at radius 2 is 1.96 bits per heavy atom. The number of fused-ring (bicyclic) bond motifs is 1. The molecule has 3 rings (SSSR count). The molecule has 0 heterocycles. The monoisotopic (exact) mass is 320 g/mol. The minimum absolute atomic E-state index is 0.0293. The van der Waals surface area contributed by atoms with Crippen molar-refractivity contribution in [3.8, 4) is 0 Å². The summed E-state index contributed by atoms with van der Waals surface area (Å²) in [5.41, 5.74) is 0.476. The minimum Gasteiger partial charge on any atom is -0.381 e. The topological polar surface area (TPSA) is 18.5 Å². The lowest BCUT2D eigenvalue weighted by Gasteiger charge is -2.46. The molecule has 0 aromatic rings. The van der Waals surface area contributed by atoms with Gasteiger partial charge in [-0.25, -0.2) is 0 Å². The molecule has 2 saturated carbocycles. The summed E-state index contributed by atoms with van der Waals surface area (Å²) in [5, 5.41) is 0. The zero-order chi connectivity index (χ0) is 16.7. The van der Waals surface area contributed by atoms with Crippen molar-refractivity contribution in [1.82, 2.24) is 0 Å². The lowest BCUT2D eigenvalue weighted by molar-refractivity contribution is -0.0511. The molecule has 0 N–H and O–H groups in total. The van der Waals surface area contributed by atoms with E-state index < -0.39 is 0 Å². The van der Waals surface area contributed by atoms with E-state index in [0.717, 1.165) is 24.2 Å². The molecular weight excluding hydrogens is 284 g/mol. The van der Waals surface area contributed by atoms with Crippen LogP contribution in [0.25, 0.3) is 0 Å². The van der Waals surface area contributed by atoms with Crippen LogP contribution in [0, 0.1) is 29.1 Å². The van der Waals surface area contributed by atoms with E-state index in [-0.39, 0.29) is 5.60 Å². The van der Waals surface area contributed by atoms with Crippen LogP contribution in [-0.4, -0.2) is 25.9 Å². The number of rotatable bonds is 5. The van der Waals surface area contributed by atoms with Gasteiger partial charge in [0.2, 0.25) is 0 Å². The smallest absolute Gasteiger partial charge is 0.0836 e. The number of allylic oxidation sites excluding steroid dienone is 1. The second-order valence-electron chi connectivity index (χ2n) is 9.02. The summed E-state index contributed by atoms with van der Waals surface area (Å²) >= 11 is 0. The van der Waals surface area contributed by atoms with Crippen LogP contribution in [0.2, 0.25) is 0 Å². The summed E-state index contributed by atoms with van der Waals surface area (Å²) in [4.78, 5) is 0. The van der Waals surface area contributed by atoms with E-state index in [1.807, 2.05) is 14.2 Å². The molecule has 2 heteroatoms. The highest BCUT2D eigenvalue weighted by Gasteiger charge is 2.52. The normalized spacial score (nSPS) is 47.7. The first-order chi connectivity index (χ1) is 10.9. The molecular formula is C21H36O2. The molecule has 0 spiro atoms. The summed E-state index contributed by atoms with van der Waals surface area (Å²) in [6.07, 6.45) is 14.5. The van der Waals surface area contributed by atoms with E-state index in [0.29, 0.717) is 17.4 Å². The molecule has 3 aliphatic rings. The number of methoxy groups -OCH3 is 2. The second-order valence-corrected chi connectivity index (χ2v) is 9.02. The van der Waals surface area contributed by atoms with Gasteiger partial charge in [-0.1, -0.05) is 32.4 Å². The fraction of sp³-hybridized carbons (Fsp3) is 0.905. The van der Waals surface area contributed by atoms with Crippen LogP contribution in [0.4, 0.5) is 0 Å². The van der Waals surface area contributed by atoms with Gasteiger partial charge < -0.3 is 9.47 Å². The van der Waals surface area contributed by atoms with Gasteiger partial charge in [-0.15, -0.1) is 0 Å². The molecule has 4 unspecified atom stereocenters. The van der Waals surface area contributed by atoms with Crippen LogP contribution in [-0.2, 0) is 9.47 Å². The highest BCUT2D eigenvalue weighted by atomic mass is 16.5. The molecule has 0 aromatic carbocycles. The summed E-state index contributed by atoms with van der Waals surface area (Å²) in [6.45, 7) is 7.29. The van der Waals surface area contributed by atoms with Crippen LogP contribution in [0.1, 0.15) is 65.7 Å². The van der Waals surface area contributed by atoms with Crippen molar-refractivity contribution in [1.29, 1.82) is 0 Å². The van der Waals surface area contributed by atoms with Gasteiger partial charge in [-0.3, -0.25) is 0 Å². The lowest BCUT2D eigenvalue weighted by atomic mass is 9.61. The summed E-state index contributed by atoms with van der Waals surface area (Å²) < 4.78 is 11.5. The van der Waals surface area contributed by atoms with Crippen molar-refractivity contribution in [3.63, 3.8) is 0 Å². The molecule has 0 saturated heterocycles. The average molecular weight is 321 g/mol. The summed E-state index contributed by atoms with van der Waals surface area (Å²) in [7, 11) is 3.76. The molecule has 0 radical (unpaired) electrons. The Balaban J connectivity index is 1.64. The van der Waals surface area contributed by atoms with Crippen molar-refractivity contribution < 1.29 is 9.47 Å². The predicted molar refractivity (Wildman–Crippen MR) is 95.4 cm³/mol. The van der Waals surface area contributed by atoms with Gasteiger partial charge in [0.05, 0.1) is 11.7 Å². The Labute approximate surface area is 143 Å². The van der Waals surface area contributed by atoms with Crippen molar-refractivity contribution in [2.45, 2.75) is 77.4 Å². The zero-order valence-corrected chi connectivity index (χ0v) is 15.8. The average Bonchev–Trinajstić information content (AvgIpc) is 3.07. The van der Waals surface area contributed by atoms with E-state index in [4.69, 9.17) is 9.47 Å². The highest BCUT2D eigenvalue weighted by Crippen LogP contribution is 2.59. The molecule has 2 nitrogen and oxygen atoms in total. The van der Waals surface area contributed by atoms with Crippen molar-refractivity contribution in [3.05, 3.63) is 12.2 Å². The Bertz CT molecular complexity index is 445. The van der Waals surface area contributed by atoms with Gasteiger partial charge in [-0.2, -0.15) is 0 Å². The molecule has 0 amide bonds. The van der Waals surface area contributed by atoms with Crippen LogP contribution >= 0.6 is 0 Å². The van der Waals surface area contributed by atoms with Gasteiger partial charge in [0.1, 0.15) is 0 Å². The lowest BCUT2D eigenvalue weighted by Crippen LogP contribution is -2.42. The van der Waals surface area contributed by atoms with Gasteiger partial charge in [0.15, 0.2) is 0 Å². The fourth-order valence-corrected chi connectivity index (χ4v) is 6.33. The number of ether oxygens (including phenoxy) is 2. The first-order valence-corrected chi connectivity index (χ1v) is 9.69. The van der Waals surface area contributed by atoms with Crippen molar-refractivity contribution in [2.24, 2.45) is 29.1 Å². The van der Waals surface area contributed by atoms with Crippen LogP contribution in [0.15, 0.2) is 12.2 Å². The number of hydrogen-bond acceptors (Lipinski definition) is 2. The van der Waals surface area contributed by atoms with Crippen LogP contribution in [0.3, 0.4) is 0 Å². The molecule has 0 aliphatic heterocycles. The SMILES string of the molecule is COC1CCC[C@@]2(C)C1CC[C@@H]2[C@H](C)CC1C=CC(C)(OC)C1. The van der Waals surface area contributed by atoms with Crippen molar-refractivity contribution in [2.75, 3.05) is 14.2 Å². The van der Waals surface area contributed by atoms with Crippen LogP contribution in [0.5, 0.6) is 0 Å². The Hall–Kier alpha value is -0.340. The minimum atomic E-state index is -0.0293. The van der Waals surface area contributed by atoms with Gasteiger partial charge in [0.25, 0.3) is 0 Å². The van der Waals surface area contributed by atoms with E-state index in [1.165, 1.54) is 38.5 Å². The van der Waals surface area contributed by atoms with E-state index in [9.17, 15) is 0 Å². The third-order valence-corrected chi connectivity index (χ3v) is 7.65. The molecule has 7 atom stereocenters. The van der Waals surface area contributed by atoms with E-state index in [1.54, 1.807) is 0 Å². The Morgan fingerprint density at radius 1 is 1.17 bits per heavy atom. The molecule has 132 valence electrons. The van der Waals surface area contributed by atoms with Gasteiger partial charge in [0, 0.05) is 14.2 Å².